The Bertz CT molecular complexity index is 407. The van der Waals surface area contributed by atoms with Crippen molar-refractivity contribution < 1.29 is 26.2 Å². The number of rotatable bonds is 8. The predicted octanol–water partition coefficient (Wildman–Crippen LogP) is 8.76. The van der Waals surface area contributed by atoms with E-state index < -0.39 is 0 Å². The minimum absolute atomic E-state index is 0. The first-order valence-electron chi connectivity index (χ1n) is 11.2. The van der Waals surface area contributed by atoms with E-state index in [0.29, 0.717) is 5.92 Å². The van der Waals surface area contributed by atoms with Gasteiger partial charge in [0.15, 0.2) is 0 Å². The van der Waals surface area contributed by atoms with Crippen LogP contribution in [0.5, 0.6) is 0 Å². The molecule has 0 aromatic heterocycles. The van der Waals surface area contributed by atoms with E-state index in [1.807, 2.05) is 64.2 Å². The van der Waals surface area contributed by atoms with Gasteiger partial charge in [-0.05, 0) is 77.6 Å². The van der Waals surface area contributed by atoms with Gasteiger partial charge in [0, 0.05) is 5.88 Å². The topological polar surface area (TPSA) is 0 Å². The zero-order chi connectivity index (χ0) is 22.3. The van der Waals surface area contributed by atoms with Crippen LogP contribution in [0.4, 0.5) is 0 Å². The van der Waals surface area contributed by atoms with Crippen molar-refractivity contribution in [3.63, 3.8) is 0 Å². The molecule has 2 aliphatic carbocycles. The number of aryl methyl sites for hydroxylation is 1. The maximum absolute atomic E-state index is 5.64. The van der Waals surface area contributed by atoms with Crippen LogP contribution in [0.2, 0.25) is 0 Å². The molecule has 0 amide bonds. The molecule has 1 aromatic carbocycles. The Morgan fingerprint density at radius 1 is 0.742 bits per heavy atom. The molecule has 0 spiro atoms. The number of benzene rings is 1. The summed E-state index contributed by atoms with van der Waals surface area (Å²) in [6, 6.07) is 8.74. The third kappa shape index (κ3) is 23.4. The zero-order valence-corrected chi connectivity index (χ0v) is 22.8. The maximum Gasteiger partial charge on any atom is 2.00 e. The van der Waals surface area contributed by atoms with E-state index in [0.717, 1.165) is 18.7 Å². The van der Waals surface area contributed by atoms with Crippen LogP contribution >= 0.6 is 11.6 Å². The van der Waals surface area contributed by atoms with Gasteiger partial charge in [0.2, 0.25) is 0 Å². The molecular formula is C29H41ClZr. The van der Waals surface area contributed by atoms with Gasteiger partial charge in [0.25, 0.3) is 0 Å². The Kier molecular flexibility index (Phi) is 28.8. The molecular weight excluding hydrogens is 475 g/mol. The summed E-state index contributed by atoms with van der Waals surface area (Å²) in [7, 11) is 0. The molecule has 2 saturated carbocycles. The van der Waals surface area contributed by atoms with Gasteiger partial charge < -0.3 is 13.8 Å². The van der Waals surface area contributed by atoms with Crippen molar-refractivity contribution in [3.8, 4) is 0 Å². The summed E-state index contributed by atoms with van der Waals surface area (Å²) in [6.45, 7) is 12.1. The molecule has 1 unspecified atom stereocenters. The number of alkyl halides is 1. The van der Waals surface area contributed by atoms with Crippen LogP contribution in [0, 0.1) is 85.0 Å². The Morgan fingerprint density at radius 2 is 1.13 bits per heavy atom. The van der Waals surface area contributed by atoms with Gasteiger partial charge in [-0.1, -0.05) is 74.4 Å². The molecule has 0 aliphatic heterocycles. The first kappa shape index (κ1) is 33.6. The van der Waals surface area contributed by atoms with Crippen molar-refractivity contribution in [3.05, 3.63) is 113 Å². The largest absolute Gasteiger partial charge is 2.00 e. The number of hydrogen-bond donors (Lipinski definition) is 0. The summed E-state index contributed by atoms with van der Waals surface area (Å²) in [5.41, 5.74) is 2.68. The molecule has 3 rings (SSSR count). The molecule has 0 saturated heterocycles. The molecule has 1 atom stereocenters. The van der Waals surface area contributed by atoms with Crippen LogP contribution < -0.4 is 0 Å². The molecule has 1 aromatic rings. The van der Waals surface area contributed by atoms with Crippen molar-refractivity contribution >= 4 is 11.6 Å². The normalized spacial score (nSPS) is 15.3. The molecule has 31 heavy (non-hydrogen) atoms. The summed E-state index contributed by atoms with van der Waals surface area (Å²) in [6.07, 6.45) is 28.4. The maximum atomic E-state index is 5.64. The second-order valence-corrected chi connectivity index (χ2v) is 7.66. The predicted molar refractivity (Wildman–Crippen MR) is 136 cm³/mol. The van der Waals surface area contributed by atoms with Gasteiger partial charge in [-0.25, -0.2) is 0 Å². The van der Waals surface area contributed by atoms with Crippen molar-refractivity contribution in [2.75, 3.05) is 5.88 Å². The minimum atomic E-state index is 0. The van der Waals surface area contributed by atoms with Crippen LogP contribution in [-0.2, 0) is 26.2 Å². The molecule has 0 bridgehead atoms. The quantitative estimate of drug-likeness (QED) is 0.184. The Hall–Kier alpha value is 0.393. The first-order valence-corrected chi connectivity index (χ1v) is 11.8. The molecule has 10 radical (unpaired) electrons. The second kappa shape index (κ2) is 26.6. The summed E-state index contributed by atoms with van der Waals surface area (Å²) in [5, 5.41) is 0. The summed E-state index contributed by atoms with van der Waals surface area (Å²) >= 11 is 5.64. The van der Waals surface area contributed by atoms with Gasteiger partial charge in [0.1, 0.15) is 0 Å². The van der Waals surface area contributed by atoms with Gasteiger partial charge in [-0.15, -0.1) is 17.5 Å². The standard InChI is InChI=1S/C15H22Cl.2C5H5.C4H9.Zr/c1-13-8-10-15(11-9-13)14(2)7-5-3-4-6-12-16;2*1-2-4-5-3-1;1-3-4-2;/h8-11,14H,2-7,12H2,1H3;2*1-5H;1,3-4H2,2H3;/q-1;;;-1;+2. The molecule has 168 valence electrons. The summed E-state index contributed by atoms with van der Waals surface area (Å²) < 4.78 is 0. The Morgan fingerprint density at radius 3 is 1.48 bits per heavy atom. The molecule has 0 heterocycles. The van der Waals surface area contributed by atoms with Crippen LogP contribution in [0.25, 0.3) is 0 Å². The fourth-order valence-electron chi connectivity index (χ4n) is 2.49. The molecule has 2 heteroatoms. The molecule has 2 fully saturated rings. The number of hydrogen-bond acceptors (Lipinski definition) is 0. The van der Waals surface area contributed by atoms with E-state index in [9.17, 15) is 0 Å². The average Bonchev–Trinajstić information content (AvgIpc) is 3.53. The van der Waals surface area contributed by atoms with E-state index in [1.165, 1.54) is 43.2 Å². The van der Waals surface area contributed by atoms with E-state index in [1.54, 1.807) is 0 Å². The van der Waals surface area contributed by atoms with Crippen LogP contribution in [0.3, 0.4) is 0 Å². The van der Waals surface area contributed by atoms with Crippen LogP contribution in [-0.4, -0.2) is 5.88 Å². The van der Waals surface area contributed by atoms with E-state index in [-0.39, 0.29) is 26.2 Å². The fourth-order valence-corrected chi connectivity index (χ4v) is 2.67. The smallest absolute Gasteiger partial charge is 0.343 e. The molecule has 0 N–H and O–H groups in total. The monoisotopic (exact) mass is 514 g/mol. The average molecular weight is 516 g/mol. The molecule has 2 aliphatic rings. The van der Waals surface area contributed by atoms with Gasteiger partial charge in [-0.3, -0.25) is 0 Å². The third-order valence-electron chi connectivity index (χ3n) is 4.45. The van der Waals surface area contributed by atoms with Crippen LogP contribution in [0.1, 0.15) is 68.9 Å². The molecule has 0 nitrogen and oxygen atoms in total. The summed E-state index contributed by atoms with van der Waals surface area (Å²) in [5.74, 6) is 1.24. The fraction of sp³-hybridized carbons (Fsp3) is 0.379. The SMILES string of the molecule is [CH2-]C(CCCCCCCl)c1ccc(C)cc1.[CH2-]CCC.[CH]1[CH][CH][CH][CH]1.[CH]1[CH][CH][CH][CH]1.[Zr+2]. The van der Waals surface area contributed by atoms with Gasteiger partial charge in [0.05, 0.1) is 0 Å². The van der Waals surface area contributed by atoms with Gasteiger partial charge in [-0.2, -0.15) is 6.42 Å². The van der Waals surface area contributed by atoms with E-state index >= 15 is 0 Å². The number of unbranched alkanes of at least 4 members (excludes halogenated alkanes) is 4. The Labute approximate surface area is 220 Å². The van der Waals surface area contributed by atoms with Crippen molar-refractivity contribution in [1.82, 2.24) is 0 Å². The van der Waals surface area contributed by atoms with Crippen molar-refractivity contribution in [1.29, 1.82) is 0 Å². The van der Waals surface area contributed by atoms with Gasteiger partial charge >= 0.3 is 26.2 Å². The first-order chi connectivity index (χ1) is 14.7. The zero-order valence-electron chi connectivity index (χ0n) is 19.6. The van der Waals surface area contributed by atoms with E-state index in [4.69, 9.17) is 11.6 Å². The third-order valence-corrected chi connectivity index (χ3v) is 4.72. The summed E-state index contributed by atoms with van der Waals surface area (Å²) in [4.78, 5) is 0. The van der Waals surface area contributed by atoms with Crippen LogP contribution in [0.15, 0.2) is 24.3 Å². The minimum Gasteiger partial charge on any atom is -0.343 e. The van der Waals surface area contributed by atoms with Crippen molar-refractivity contribution in [2.24, 2.45) is 0 Å². The Balaban J connectivity index is 0. The van der Waals surface area contributed by atoms with Crippen molar-refractivity contribution in [2.45, 2.75) is 64.7 Å². The van der Waals surface area contributed by atoms with E-state index in [2.05, 4.69) is 52.0 Å². The number of halogens is 1. The second-order valence-electron chi connectivity index (χ2n) is 7.28.